The molecule has 1 atom stereocenters. The lowest BCUT2D eigenvalue weighted by Crippen LogP contribution is -2.42. The largest absolute Gasteiger partial charge is 0.494 e. The highest BCUT2D eigenvalue weighted by Crippen LogP contribution is 2.25. The van der Waals surface area contributed by atoms with E-state index in [0.717, 1.165) is 10.1 Å². The molecule has 0 radical (unpaired) electrons. The maximum atomic E-state index is 12.3. The van der Waals surface area contributed by atoms with Gasteiger partial charge in [-0.1, -0.05) is 30.3 Å². The molecule has 0 aliphatic heterocycles. The molecule has 1 aromatic heterocycles. The number of hydrogen-bond acceptors (Lipinski definition) is 4. The van der Waals surface area contributed by atoms with E-state index < -0.39 is 18.0 Å². The Bertz CT molecular complexity index is 647. The molecule has 0 bridgehead atoms. The van der Waals surface area contributed by atoms with Gasteiger partial charge in [-0.3, -0.25) is 14.2 Å². The van der Waals surface area contributed by atoms with Crippen LogP contribution in [0.25, 0.3) is 0 Å². The van der Waals surface area contributed by atoms with E-state index in [9.17, 15) is 19.8 Å². The number of aromatic hydroxyl groups is 2. The number of carbonyl (C=O) groups excluding carboxylic acids is 2. The molecule has 2 rings (SSSR count). The molecule has 0 spiro atoms. The van der Waals surface area contributed by atoms with Crippen LogP contribution in [0.15, 0.2) is 42.5 Å². The van der Waals surface area contributed by atoms with Crippen molar-refractivity contribution < 1.29 is 19.8 Å². The molecular formula is C15H17N3O4. The van der Waals surface area contributed by atoms with Crippen molar-refractivity contribution in [2.75, 3.05) is 0 Å². The zero-order valence-corrected chi connectivity index (χ0v) is 12.0. The van der Waals surface area contributed by atoms with Gasteiger partial charge in [-0.2, -0.15) is 0 Å². The quantitative estimate of drug-likeness (QED) is 0.657. The second kappa shape index (κ2) is 6.66. The van der Waals surface area contributed by atoms with Crippen LogP contribution in [0, 0.1) is 0 Å². The molecule has 116 valence electrons. The summed E-state index contributed by atoms with van der Waals surface area (Å²) in [7, 11) is 0. The Kier molecular flexibility index (Phi) is 4.67. The first kappa shape index (κ1) is 15.4. The van der Waals surface area contributed by atoms with Crippen molar-refractivity contribution in [1.82, 2.24) is 15.2 Å². The van der Waals surface area contributed by atoms with E-state index in [1.807, 2.05) is 30.3 Å². The van der Waals surface area contributed by atoms with Gasteiger partial charge in [-0.25, -0.2) is 0 Å². The number of amides is 2. The summed E-state index contributed by atoms with van der Waals surface area (Å²) in [6, 6.07) is 11.7. The fourth-order valence-corrected chi connectivity index (χ4v) is 2.01. The van der Waals surface area contributed by atoms with Crippen molar-refractivity contribution in [1.29, 1.82) is 0 Å². The van der Waals surface area contributed by atoms with Crippen LogP contribution < -0.4 is 10.6 Å². The Morgan fingerprint density at radius 3 is 2.23 bits per heavy atom. The molecule has 2 aromatic rings. The normalized spacial score (nSPS) is 11.7. The molecule has 1 heterocycles. The van der Waals surface area contributed by atoms with Crippen molar-refractivity contribution in [3.63, 3.8) is 0 Å². The Morgan fingerprint density at radius 2 is 1.68 bits per heavy atom. The molecule has 0 saturated carbocycles. The predicted molar refractivity (Wildman–Crippen MR) is 78.9 cm³/mol. The van der Waals surface area contributed by atoms with E-state index in [4.69, 9.17) is 0 Å². The SMILES string of the molecule is CC(=O)NC(C(=O)NCc1ccccc1)n1c(O)ccc1O. The zero-order chi connectivity index (χ0) is 16.1. The molecule has 4 N–H and O–H groups in total. The fraction of sp³-hybridized carbons (Fsp3) is 0.200. The van der Waals surface area contributed by atoms with Gasteiger partial charge >= 0.3 is 0 Å². The van der Waals surface area contributed by atoms with Crippen LogP contribution in [0.1, 0.15) is 18.7 Å². The summed E-state index contributed by atoms with van der Waals surface area (Å²) in [6.45, 7) is 1.51. The molecule has 7 heteroatoms. The number of benzene rings is 1. The van der Waals surface area contributed by atoms with Gasteiger partial charge in [0.1, 0.15) is 0 Å². The predicted octanol–water partition coefficient (Wildman–Crippen LogP) is 0.850. The minimum absolute atomic E-state index is 0.262. The summed E-state index contributed by atoms with van der Waals surface area (Å²) in [4.78, 5) is 23.6. The van der Waals surface area contributed by atoms with Crippen molar-refractivity contribution in [2.45, 2.75) is 19.6 Å². The average molecular weight is 303 g/mol. The van der Waals surface area contributed by atoms with Crippen LogP contribution >= 0.6 is 0 Å². The van der Waals surface area contributed by atoms with E-state index in [0.29, 0.717) is 0 Å². The highest BCUT2D eigenvalue weighted by atomic mass is 16.3. The molecule has 1 unspecified atom stereocenters. The Hall–Kier alpha value is -2.96. The average Bonchev–Trinajstić information content (AvgIpc) is 2.82. The van der Waals surface area contributed by atoms with Gasteiger partial charge in [0.15, 0.2) is 17.9 Å². The Morgan fingerprint density at radius 1 is 1.09 bits per heavy atom. The summed E-state index contributed by atoms with van der Waals surface area (Å²) >= 11 is 0. The monoisotopic (exact) mass is 303 g/mol. The van der Waals surface area contributed by atoms with Crippen LogP contribution in [0.2, 0.25) is 0 Å². The highest BCUT2D eigenvalue weighted by molar-refractivity contribution is 5.85. The van der Waals surface area contributed by atoms with Gasteiger partial charge in [0, 0.05) is 25.6 Å². The number of nitrogens with one attached hydrogen (secondary N) is 2. The van der Waals surface area contributed by atoms with E-state index in [1.165, 1.54) is 19.1 Å². The third kappa shape index (κ3) is 3.57. The van der Waals surface area contributed by atoms with Crippen molar-refractivity contribution in [3.8, 4) is 11.8 Å². The molecule has 2 amide bonds. The molecule has 0 aliphatic rings. The van der Waals surface area contributed by atoms with Crippen molar-refractivity contribution in [2.24, 2.45) is 0 Å². The van der Waals surface area contributed by atoms with Gasteiger partial charge in [0.2, 0.25) is 5.91 Å². The number of hydrogen-bond donors (Lipinski definition) is 4. The zero-order valence-electron chi connectivity index (χ0n) is 12.0. The van der Waals surface area contributed by atoms with Crippen LogP contribution in [0.3, 0.4) is 0 Å². The summed E-state index contributed by atoms with van der Waals surface area (Å²) in [5.41, 5.74) is 0.887. The second-order valence-corrected chi connectivity index (χ2v) is 4.73. The molecule has 22 heavy (non-hydrogen) atoms. The molecule has 0 aliphatic carbocycles. The molecule has 7 nitrogen and oxygen atoms in total. The van der Waals surface area contributed by atoms with Gasteiger partial charge in [-0.05, 0) is 5.56 Å². The van der Waals surface area contributed by atoms with E-state index in [1.54, 1.807) is 0 Å². The molecular weight excluding hydrogens is 286 g/mol. The van der Waals surface area contributed by atoms with E-state index in [2.05, 4.69) is 10.6 Å². The van der Waals surface area contributed by atoms with Gasteiger partial charge in [0.05, 0.1) is 0 Å². The van der Waals surface area contributed by atoms with Gasteiger partial charge in [0.25, 0.3) is 5.91 Å². The lowest BCUT2D eigenvalue weighted by atomic mass is 10.2. The standard InChI is InChI=1S/C15H17N3O4/c1-10(19)17-14(18-12(20)7-8-13(18)21)15(22)16-9-11-5-3-2-4-6-11/h2-8,14,20-21H,9H2,1H3,(H,16,22)(H,17,19). The van der Waals surface area contributed by atoms with Crippen LogP contribution in [0.4, 0.5) is 0 Å². The van der Waals surface area contributed by atoms with E-state index >= 15 is 0 Å². The van der Waals surface area contributed by atoms with Crippen molar-refractivity contribution >= 4 is 11.8 Å². The lowest BCUT2D eigenvalue weighted by Gasteiger charge is -2.20. The molecule has 1 aromatic carbocycles. The number of rotatable bonds is 5. The number of carbonyl (C=O) groups is 2. The Balaban J connectivity index is 2.15. The third-order valence-corrected chi connectivity index (χ3v) is 3.03. The van der Waals surface area contributed by atoms with Crippen LogP contribution in [-0.2, 0) is 16.1 Å². The number of aromatic nitrogens is 1. The first-order valence-corrected chi connectivity index (χ1v) is 6.67. The minimum Gasteiger partial charge on any atom is -0.494 e. The van der Waals surface area contributed by atoms with Gasteiger partial charge in [-0.15, -0.1) is 0 Å². The molecule has 0 fully saturated rings. The maximum Gasteiger partial charge on any atom is 0.264 e. The first-order valence-electron chi connectivity index (χ1n) is 6.67. The second-order valence-electron chi connectivity index (χ2n) is 4.73. The smallest absolute Gasteiger partial charge is 0.264 e. The summed E-state index contributed by atoms with van der Waals surface area (Å²) < 4.78 is 0.932. The first-order chi connectivity index (χ1) is 10.5. The fourth-order valence-electron chi connectivity index (χ4n) is 2.01. The van der Waals surface area contributed by atoms with Crippen molar-refractivity contribution in [3.05, 3.63) is 48.0 Å². The maximum absolute atomic E-state index is 12.3. The Labute approximate surface area is 127 Å². The topological polar surface area (TPSA) is 104 Å². The third-order valence-electron chi connectivity index (χ3n) is 3.03. The van der Waals surface area contributed by atoms with Gasteiger partial charge < -0.3 is 20.8 Å². The summed E-state index contributed by atoms with van der Waals surface area (Å²) in [6.07, 6.45) is -1.24. The van der Waals surface area contributed by atoms with E-state index in [-0.39, 0.29) is 18.3 Å². The lowest BCUT2D eigenvalue weighted by molar-refractivity contribution is -0.130. The van der Waals surface area contributed by atoms with Crippen LogP contribution in [0.5, 0.6) is 11.8 Å². The summed E-state index contributed by atoms with van der Waals surface area (Å²) in [5, 5.41) is 24.5. The van der Waals surface area contributed by atoms with Crippen LogP contribution in [-0.4, -0.2) is 26.6 Å². The highest BCUT2D eigenvalue weighted by Gasteiger charge is 2.25. The number of nitrogens with zero attached hydrogens (tertiary/aromatic N) is 1. The molecule has 0 saturated heterocycles. The summed E-state index contributed by atoms with van der Waals surface area (Å²) in [5.74, 6) is -1.68. The minimum atomic E-state index is -1.24.